The Hall–Kier alpha value is -1.94. The Labute approximate surface area is 581 Å². The van der Waals surface area contributed by atoms with E-state index in [9.17, 15) is 43.2 Å². The van der Waals surface area contributed by atoms with Crippen LogP contribution in [0.4, 0.5) is 0 Å². The Morgan fingerprint density at radius 3 is 0.621 bits per heavy atom. The fourth-order valence-electron chi connectivity index (χ4n) is 11.8. The summed E-state index contributed by atoms with van der Waals surface area (Å²) in [6.45, 7) is 5.00. The highest BCUT2D eigenvalue weighted by Gasteiger charge is 2.30. The van der Waals surface area contributed by atoms with Crippen molar-refractivity contribution in [3.63, 3.8) is 0 Å². The predicted molar refractivity (Wildman–Crippen MR) is 386 cm³/mol. The summed E-state index contributed by atoms with van der Waals surface area (Å²) in [6.07, 6.45) is 60.8. The van der Waals surface area contributed by atoms with Gasteiger partial charge in [0.05, 0.1) is 26.4 Å². The van der Waals surface area contributed by atoms with Gasteiger partial charge in [0.2, 0.25) is 0 Å². The Balaban J connectivity index is 5.24. The largest absolute Gasteiger partial charge is 0.472 e. The van der Waals surface area contributed by atoms with E-state index in [1.165, 1.54) is 238 Å². The molecule has 2 unspecified atom stereocenters. The number of esters is 4. The first-order chi connectivity index (χ1) is 46.2. The number of carbonyl (C=O) groups is 4. The summed E-state index contributed by atoms with van der Waals surface area (Å²) in [5.74, 6) is -2.11. The molecule has 0 radical (unpaired) electrons. The standard InChI is InChI=1S/C76H148O17P2/c1-5-9-13-17-21-25-29-32-33-34-35-36-39-43-47-51-55-59-63-76(81)93-72(67-87-74(79)61-57-53-49-45-41-37-30-26-22-18-14-10-6-2)69-91-95(84,85)89-65-70(77)64-88-94(82,83)90-68-71(66-86-73(78)60-56-52-48-44-40-28-24-20-16-12-8-4)92-75(80)62-58-54-50-46-42-38-31-27-23-19-15-11-7-3/h70-72,77H,5-69H2,1-4H3,(H,82,83)(H,84,85)/t70-,71+,72+/m0/s1. The second-order valence-electron chi connectivity index (χ2n) is 27.4. The third-order valence-electron chi connectivity index (χ3n) is 17.9. The van der Waals surface area contributed by atoms with Crippen molar-refractivity contribution < 1.29 is 80.2 Å². The van der Waals surface area contributed by atoms with Gasteiger partial charge in [-0.05, 0) is 25.7 Å². The van der Waals surface area contributed by atoms with Crippen LogP contribution in [0.25, 0.3) is 0 Å². The molecule has 5 atom stereocenters. The van der Waals surface area contributed by atoms with Gasteiger partial charge in [-0.2, -0.15) is 0 Å². The first-order valence-electron chi connectivity index (χ1n) is 39.8. The topological polar surface area (TPSA) is 237 Å². The highest BCUT2D eigenvalue weighted by molar-refractivity contribution is 7.47. The fraction of sp³-hybridized carbons (Fsp3) is 0.947. The molecule has 0 saturated carbocycles. The molecule has 0 aliphatic rings. The Morgan fingerprint density at radius 1 is 0.253 bits per heavy atom. The van der Waals surface area contributed by atoms with Gasteiger partial charge in [0.1, 0.15) is 19.3 Å². The zero-order valence-corrected chi connectivity index (χ0v) is 63.4. The lowest BCUT2D eigenvalue weighted by Crippen LogP contribution is -2.30. The molecule has 0 aromatic rings. The van der Waals surface area contributed by atoms with Gasteiger partial charge in [0.15, 0.2) is 12.2 Å². The van der Waals surface area contributed by atoms with E-state index in [-0.39, 0.29) is 25.7 Å². The number of unbranched alkanes of at least 4 members (excludes halogenated alkanes) is 51. The average molecular weight is 1400 g/mol. The zero-order chi connectivity index (χ0) is 69.7. The molecule has 564 valence electrons. The van der Waals surface area contributed by atoms with E-state index in [1.54, 1.807) is 0 Å². The minimum atomic E-state index is -4.96. The second-order valence-corrected chi connectivity index (χ2v) is 30.3. The van der Waals surface area contributed by atoms with Crippen molar-refractivity contribution in [2.45, 2.75) is 425 Å². The average Bonchev–Trinajstić information content (AvgIpc) is 2.56. The number of rotatable bonds is 77. The molecule has 17 nitrogen and oxygen atoms in total. The lowest BCUT2D eigenvalue weighted by molar-refractivity contribution is -0.161. The summed E-state index contributed by atoms with van der Waals surface area (Å²) < 4.78 is 68.5. The van der Waals surface area contributed by atoms with Crippen LogP contribution in [0.15, 0.2) is 0 Å². The number of phosphoric ester groups is 2. The summed E-state index contributed by atoms with van der Waals surface area (Å²) in [7, 11) is -9.91. The Morgan fingerprint density at radius 2 is 0.421 bits per heavy atom. The van der Waals surface area contributed by atoms with Crippen LogP contribution in [0, 0.1) is 0 Å². The molecule has 0 fully saturated rings. The number of phosphoric acid groups is 2. The number of hydrogen-bond donors (Lipinski definition) is 3. The first kappa shape index (κ1) is 93.1. The minimum Gasteiger partial charge on any atom is -0.462 e. The summed E-state index contributed by atoms with van der Waals surface area (Å²) in [4.78, 5) is 72.8. The van der Waals surface area contributed by atoms with E-state index >= 15 is 0 Å². The molecule has 0 aliphatic carbocycles. The third-order valence-corrected chi connectivity index (χ3v) is 19.8. The molecule has 3 N–H and O–H groups in total. The lowest BCUT2D eigenvalue weighted by atomic mass is 10.0. The minimum absolute atomic E-state index is 0.108. The molecule has 0 aromatic carbocycles. The summed E-state index contributed by atoms with van der Waals surface area (Å²) in [5.41, 5.74) is 0. The van der Waals surface area contributed by atoms with Crippen molar-refractivity contribution in [3.8, 4) is 0 Å². The maximum atomic E-state index is 13.1. The number of ether oxygens (including phenoxy) is 4. The van der Waals surface area contributed by atoms with Gasteiger partial charge in [0, 0.05) is 25.7 Å². The smallest absolute Gasteiger partial charge is 0.462 e. The molecule has 0 saturated heterocycles. The first-order valence-corrected chi connectivity index (χ1v) is 42.8. The van der Waals surface area contributed by atoms with Crippen molar-refractivity contribution >= 4 is 39.5 Å². The highest BCUT2D eigenvalue weighted by atomic mass is 31.2. The predicted octanol–water partition coefficient (Wildman–Crippen LogP) is 22.6. The fourth-order valence-corrected chi connectivity index (χ4v) is 13.3. The highest BCUT2D eigenvalue weighted by Crippen LogP contribution is 2.45. The second kappa shape index (κ2) is 70.5. The maximum absolute atomic E-state index is 13.1. The summed E-state index contributed by atoms with van der Waals surface area (Å²) in [5, 5.41) is 10.6. The van der Waals surface area contributed by atoms with Crippen LogP contribution in [-0.4, -0.2) is 96.7 Å². The summed E-state index contributed by atoms with van der Waals surface area (Å²) >= 11 is 0. The van der Waals surface area contributed by atoms with E-state index in [1.807, 2.05) is 0 Å². The Kier molecular flexibility index (Phi) is 69.1. The molecule has 19 heteroatoms. The molecule has 0 aliphatic heterocycles. The molecule has 0 spiro atoms. The zero-order valence-electron chi connectivity index (χ0n) is 61.6. The number of aliphatic hydroxyl groups excluding tert-OH is 1. The molecule has 0 amide bonds. The molecule has 0 heterocycles. The van der Waals surface area contributed by atoms with Gasteiger partial charge in [0.25, 0.3) is 0 Å². The van der Waals surface area contributed by atoms with Crippen LogP contribution < -0.4 is 0 Å². The van der Waals surface area contributed by atoms with Crippen LogP contribution in [0.5, 0.6) is 0 Å². The molecule has 0 aromatic heterocycles. The molecule has 95 heavy (non-hydrogen) atoms. The maximum Gasteiger partial charge on any atom is 0.472 e. The SMILES string of the molecule is CCCCCCCCCCCCCCCCCCCCC(=O)O[C@H](COC(=O)CCCCCCCCCCCCCCC)COP(=O)(O)OC[C@@H](O)COP(=O)(O)OC[C@@H](COC(=O)CCCCCCCCCCCCC)OC(=O)CCCCCCCCCCCCCCC. The third kappa shape index (κ3) is 70.3. The normalized spacial score (nSPS) is 13.9. The van der Waals surface area contributed by atoms with Crippen LogP contribution >= 0.6 is 15.6 Å². The van der Waals surface area contributed by atoms with Crippen LogP contribution in [0.3, 0.4) is 0 Å². The van der Waals surface area contributed by atoms with Gasteiger partial charge in [-0.25, -0.2) is 9.13 Å². The summed E-state index contributed by atoms with van der Waals surface area (Å²) in [6, 6.07) is 0. The molecular formula is C76H148O17P2. The molecule has 0 bridgehead atoms. The molecule has 0 rings (SSSR count). The van der Waals surface area contributed by atoms with Crippen molar-refractivity contribution in [1.29, 1.82) is 0 Å². The van der Waals surface area contributed by atoms with Gasteiger partial charge in [-0.1, -0.05) is 355 Å². The quantitative estimate of drug-likeness (QED) is 0.0222. The van der Waals surface area contributed by atoms with Crippen molar-refractivity contribution in [2.75, 3.05) is 39.6 Å². The van der Waals surface area contributed by atoms with Gasteiger partial charge >= 0.3 is 39.5 Å². The Bertz CT molecular complexity index is 1810. The van der Waals surface area contributed by atoms with E-state index in [0.717, 1.165) is 89.9 Å². The lowest BCUT2D eigenvalue weighted by Gasteiger charge is -2.21. The van der Waals surface area contributed by atoms with Crippen molar-refractivity contribution in [2.24, 2.45) is 0 Å². The van der Waals surface area contributed by atoms with Crippen molar-refractivity contribution in [1.82, 2.24) is 0 Å². The number of aliphatic hydroxyl groups is 1. The van der Waals surface area contributed by atoms with E-state index in [0.29, 0.717) is 25.7 Å². The van der Waals surface area contributed by atoms with Crippen LogP contribution in [0.2, 0.25) is 0 Å². The van der Waals surface area contributed by atoms with Gasteiger partial charge in [-0.15, -0.1) is 0 Å². The molecular weight excluding hydrogens is 1250 g/mol. The van der Waals surface area contributed by atoms with Gasteiger partial charge < -0.3 is 33.8 Å². The van der Waals surface area contributed by atoms with E-state index < -0.39 is 97.5 Å². The van der Waals surface area contributed by atoms with E-state index in [4.69, 9.17) is 37.0 Å². The van der Waals surface area contributed by atoms with E-state index in [2.05, 4.69) is 27.7 Å². The van der Waals surface area contributed by atoms with Crippen molar-refractivity contribution in [3.05, 3.63) is 0 Å². The van der Waals surface area contributed by atoms with Crippen LogP contribution in [0.1, 0.15) is 407 Å². The van der Waals surface area contributed by atoms with Gasteiger partial charge in [-0.3, -0.25) is 37.3 Å². The monoisotopic (exact) mass is 1400 g/mol. The number of carbonyl (C=O) groups excluding carboxylic acids is 4. The van der Waals surface area contributed by atoms with Crippen LogP contribution in [-0.2, 0) is 65.4 Å². The number of hydrogen-bond acceptors (Lipinski definition) is 15.